The fourth-order valence-corrected chi connectivity index (χ4v) is 4.63. The van der Waals surface area contributed by atoms with Gasteiger partial charge in [0.25, 0.3) is 0 Å². The predicted octanol–water partition coefficient (Wildman–Crippen LogP) is 6.07. The Balaban J connectivity index is 1.69. The monoisotopic (exact) mass is 585 g/mol. The lowest BCUT2D eigenvalue weighted by Crippen LogP contribution is -2.15. The van der Waals surface area contributed by atoms with E-state index in [0.717, 1.165) is 12.5 Å². The number of nitrogens with zero attached hydrogens (tertiary/aromatic N) is 7. The molecule has 0 aliphatic rings. The van der Waals surface area contributed by atoms with Crippen LogP contribution in [-0.2, 0) is 19.8 Å². The molecule has 0 fully saturated rings. The minimum atomic E-state index is -4.67. The van der Waals surface area contributed by atoms with Crippen LogP contribution in [0, 0.1) is 22.7 Å². The summed E-state index contributed by atoms with van der Waals surface area (Å²) < 4.78 is 49.8. The molecule has 0 amide bonds. The Bertz CT molecular complexity index is 1860. The maximum atomic E-state index is 14.1. The van der Waals surface area contributed by atoms with E-state index in [9.17, 15) is 18.4 Å². The van der Waals surface area contributed by atoms with E-state index in [1.165, 1.54) is 0 Å². The topological polar surface area (TPSA) is 141 Å². The van der Waals surface area contributed by atoms with Gasteiger partial charge in [-0.3, -0.25) is 0 Å². The number of nitriles is 2. The summed E-state index contributed by atoms with van der Waals surface area (Å²) in [5.41, 5.74) is 1.57. The maximum Gasteiger partial charge on any atom is 0.420 e. The highest BCUT2D eigenvalue weighted by Gasteiger charge is 2.35. The minimum Gasteiger partial charge on any atom is -0.434 e. The molecule has 3 aromatic heterocycles. The first-order chi connectivity index (χ1) is 20.7. The molecule has 0 unspecified atom stereocenters. The molecule has 2 aromatic carbocycles. The van der Waals surface area contributed by atoms with Gasteiger partial charge in [-0.2, -0.15) is 23.7 Å². The molecule has 5 aromatic rings. The molecule has 5 rings (SSSR count). The van der Waals surface area contributed by atoms with E-state index in [4.69, 9.17) is 9.68 Å². The number of aromatic nitrogens is 5. The van der Waals surface area contributed by atoms with E-state index in [1.807, 2.05) is 6.92 Å². The van der Waals surface area contributed by atoms with Gasteiger partial charge in [0.15, 0.2) is 11.4 Å². The Morgan fingerprint density at radius 3 is 2.56 bits per heavy atom. The van der Waals surface area contributed by atoms with Crippen molar-refractivity contribution in [1.82, 2.24) is 30.0 Å². The summed E-state index contributed by atoms with van der Waals surface area (Å²) in [6.07, 6.45) is -2.09. The molecular weight excluding hydrogens is 559 g/mol. The molecule has 0 radical (unpaired) electrons. The van der Waals surface area contributed by atoms with Gasteiger partial charge in [0.2, 0.25) is 5.89 Å². The summed E-state index contributed by atoms with van der Waals surface area (Å²) in [6.45, 7) is 3.15. The third-order valence-corrected chi connectivity index (χ3v) is 6.61. The number of hydrogen-bond donors (Lipinski definition) is 2. The van der Waals surface area contributed by atoms with Crippen LogP contribution in [0.15, 0.2) is 53.2 Å². The summed E-state index contributed by atoms with van der Waals surface area (Å²) in [5, 5.41) is 33.0. The van der Waals surface area contributed by atoms with Gasteiger partial charge in [-0.05, 0) is 72.1 Å². The quantitative estimate of drug-likeness (QED) is 0.187. The molecule has 0 atom stereocenters. The van der Waals surface area contributed by atoms with Gasteiger partial charge in [0.05, 0.1) is 24.1 Å². The van der Waals surface area contributed by atoms with Gasteiger partial charge in [-0.1, -0.05) is 6.92 Å². The molecule has 0 aliphatic heterocycles. The standard InChI is InChI=1S/C30H26F3N9O/c1-3-8-36-16-19-11-23(30(31,32)33)27-24(12-19)40-29(43-27)25-13-20(14-26(39-25)37-9-4-7-34)22-10-18(15-35)5-6-21(22)28-41-38-17-42(28)2/h5-6,10-14,17,36H,3-4,8-9,16H2,1-2H3,(H,37,39). The largest absolute Gasteiger partial charge is 0.434 e. The highest BCUT2D eigenvalue weighted by Crippen LogP contribution is 2.39. The highest BCUT2D eigenvalue weighted by molar-refractivity contribution is 5.85. The Kier molecular flexibility index (Phi) is 8.36. The van der Waals surface area contributed by atoms with E-state index in [0.29, 0.717) is 46.0 Å². The fraction of sp³-hybridized carbons (Fsp3) is 0.267. The van der Waals surface area contributed by atoms with Crippen LogP contribution in [0.25, 0.3) is 45.2 Å². The van der Waals surface area contributed by atoms with Crippen LogP contribution in [0.1, 0.15) is 36.5 Å². The number of halogens is 3. The molecule has 0 aliphatic carbocycles. The lowest BCUT2D eigenvalue weighted by atomic mass is 9.96. The molecule has 0 saturated carbocycles. The zero-order valence-corrected chi connectivity index (χ0v) is 23.3. The number of anilines is 1. The Morgan fingerprint density at radius 2 is 1.86 bits per heavy atom. The van der Waals surface area contributed by atoms with Crippen LogP contribution in [0.4, 0.5) is 19.0 Å². The minimum absolute atomic E-state index is 0.0515. The van der Waals surface area contributed by atoms with E-state index < -0.39 is 11.7 Å². The molecule has 13 heteroatoms. The average molecular weight is 586 g/mol. The van der Waals surface area contributed by atoms with Crippen molar-refractivity contribution in [3.05, 3.63) is 65.5 Å². The number of hydrogen-bond acceptors (Lipinski definition) is 9. The van der Waals surface area contributed by atoms with Crippen LogP contribution < -0.4 is 10.6 Å². The van der Waals surface area contributed by atoms with Crippen molar-refractivity contribution in [2.45, 2.75) is 32.5 Å². The van der Waals surface area contributed by atoms with Crippen molar-refractivity contribution in [3.8, 4) is 46.2 Å². The molecule has 0 bridgehead atoms. The van der Waals surface area contributed by atoms with Crippen LogP contribution >= 0.6 is 0 Å². The molecule has 2 N–H and O–H groups in total. The predicted molar refractivity (Wildman–Crippen MR) is 153 cm³/mol. The fourth-order valence-electron chi connectivity index (χ4n) is 4.63. The van der Waals surface area contributed by atoms with Crippen LogP contribution in [0.5, 0.6) is 0 Å². The summed E-state index contributed by atoms with van der Waals surface area (Å²) in [7, 11) is 1.78. The van der Waals surface area contributed by atoms with Crippen molar-refractivity contribution < 1.29 is 17.6 Å². The second-order valence-corrected chi connectivity index (χ2v) is 9.78. The Morgan fingerprint density at radius 1 is 1.02 bits per heavy atom. The summed E-state index contributed by atoms with van der Waals surface area (Å²) in [6, 6.07) is 15.3. The second-order valence-electron chi connectivity index (χ2n) is 9.78. The number of pyridine rings is 1. The lowest BCUT2D eigenvalue weighted by Gasteiger charge is -2.13. The van der Waals surface area contributed by atoms with Gasteiger partial charge >= 0.3 is 6.18 Å². The molecule has 218 valence electrons. The summed E-state index contributed by atoms with van der Waals surface area (Å²) in [5.74, 6) is 0.774. The summed E-state index contributed by atoms with van der Waals surface area (Å²) >= 11 is 0. The van der Waals surface area contributed by atoms with Crippen LogP contribution in [0.3, 0.4) is 0 Å². The third kappa shape index (κ3) is 6.32. The van der Waals surface area contributed by atoms with Crippen LogP contribution in [-0.4, -0.2) is 37.8 Å². The van der Waals surface area contributed by atoms with Crippen molar-refractivity contribution in [2.75, 3.05) is 18.4 Å². The number of alkyl halides is 3. The smallest absolute Gasteiger partial charge is 0.420 e. The van der Waals surface area contributed by atoms with Gasteiger partial charge in [0.1, 0.15) is 28.9 Å². The van der Waals surface area contributed by atoms with Crippen LogP contribution in [0.2, 0.25) is 0 Å². The van der Waals surface area contributed by atoms with Crippen molar-refractivity contribution >= 4 is 16.9 Å². The van der Waals surface area contributed by atoms with Crippen molar-refractivity contribution in [3.63, 3.8) is 0 Å². The van der Waals surface area contributed by atoms with Gasteiger partial charge in [-0.25, -0.2) is 9.97 Å². The molecule has 0 saturated heterocycles. The second kappa shape index (κ2) is 12.3. The highest BCUT2D eigenvalue weighted by atomic mass is 19.4. The van der Waals surface area contributed by atoms with E-state index in [1.54, 1.807) is 54.3 Å². The van der Waals surface area contributed by atoms with Crippen molar-refractivity contribution in [2.24, 2.45) is 7.05 Å². The number of oxazole rings is 1. The normalized spacial score (nSPS) is 11.4. The Labute approximate surface area is 244 Å². The number of aryl methyl sites for hydroxylation is 1. The van der Waals surface area contributed by atoms with E-state index >= 15 is 0 Å². The molecular formula is C30H26F3N9O. The SMILES string of the molecule is CCCNCc1cc(C(F)(F)F)c2oc(-c3cc(-c4cc(C#N)ccc4-c4nncn4C)cc(NCCC#N)n3)nc2c1. The first kappa shape index (κ1) is 29.2. The first-order valence-electron chi connectivity index (χ1n) is 13.4. The molecule has 0 spiro atoms. The average Bonchev–Trinajstić information content (AvgIpc) is 3.62. The zero-order chi connectivity index (χ0) is 30.6. The first-order valence-corrected chi connectivity index (χ1v) is 13.4. The zero-order valence-electron chi connectivity index (χ0n) is 23.3. The molecule has 10 nitrogen and oxygen atoms in total. The Hall–Kier alpha value is -5.27. The number of fused-ring (bicyclic) bond motifs is 1. The number of benzene rings is 2. The molecule has 43 heavy (non-hydrogen) atoms. The van der Waals surface area contributed by atoms with E-state index in [2.05, 4.69) is 42.9 Å². The lowest BCUT2D eigenvalue weighted by molar-refractivity contribution is -0.136. The number of rotatable bonds is 10. The van der Waals surface area contributed by atoms with Gasteiger partial charge < -0.3 is 19.6 Å². The molecule has 3 heterocycles. The third-order valence-electron chi connectivity index (χ3n) is 6.61. The van der Waals surface area contributed by atoms with Crippen molar-refractivity contribution in [1.29, 1.82) is 10.5 Å². The number of nitrogens with one attached hydrogen (secondary N) is 2. The van der Waals surface area contributed by atoms with Gasteiger partial charge in [-0.15, -0.1) is 10.2 Å². The summed E-state index contributed by atoms with van der Waals surface area (Å²) in [4.78, 5) is 8.98. The maximum absolute atomic E-state index is 14.1. The van der Waals surface area contributed by atoms with Gasteiger partial charge in [0, 0.05) is 25.7 Å². The van der Waals surface area contributed by atoms with E-state index in [-0.39, 0.29) is 42.2 Å².